The molecule has 0 amide bonds. The van der Waals surface area contributed by atoms with Crippen LogP contribution in [0.25, 0.3) is 0 Å². The Morgan fingerprint density at radius 1 is 0.769 bits per heavy atom. The first-order valence-corrected chi connectivity index (χ1v) is 11.8. The first-order chi connectivity index (χ1) is 18.4. The Morgan fingerprint density at radius 3 is 1.77 bits per heavy atom. The van der Waals surface area contributed by atoms with E-state index >= 15 is 0 Å². The first-order valence-electron chi connectivity index (χ1n) is 10.1. The summed E-state index contributed by atoms with van der Waals surface area (Å²) in [6.07, 6.45) is -1.65. The molecule has 2 heterocycles. The Balaban J connectivity index is 0.000000249. The quantitative estimate of drug-likeness (QED) is 0.122. The van der Waals surface area contributed by atoms with Gasteiger partial charge in [0.15, 0.2) is 0 Å². The standard InChI is InChI=1S/C12H7ClF3NO.C12H5ClF3NO.Mn.2O/c2*13-7-4-2-1-3-6(7)11(18)10-8(14)5-9(15)17-12(10)16;;;/h1-5,11,18H;1-5H;;;. The monoisotopic (exact) mass is 631 g/mol. The zero-order valence-electron chi connectivity index (χ0n) is 18.8. The predicted octanol–water partition coefficient (Wildman–Crippen LogP) is 6.38. The number of pyridine rings is 2. The molecule has 0 aliphatic rings. The van der Waals surface area contributed by atoms with E-state index in [1.807, 2.05) is 0 Å². The van der Waals surface area contributed by atoms with E-state index in [2.05, 4.69) is 9.97 Å². The molecule has 0 saturated carbocycles. The molecule has 0 spiro atoms. The summed E-state index contributed by atoms with van der Waals surface area (Å²) in [4.78, 5) is 17.5. The molecule has 0 aliphatic carbocycles. The van der Waals surface area contributed by atoms with Crippen molar-refractivity contribution in [1.29, 1.82) is 0 Å². The minimum absolute atomic E-state index is 0.0469. The van der Waals surface area contributed by atoms with Gasteiger partial charge in [0.25, 0.3) is 0 Å². The maximum absolute atomic E-state index is 13.5. The van der Waals surface area contributed by atoms with Crippen molar-refractivity contribution in [2.24, 2.45) is 0 Å². The van der Waals surface area contributed by atoms with E-state index in [9.17, 15) is 36.2 Å². The van der Waals surface area contributed by atoms with Crippen molar-refractivity contribution < 1.29 is 58.7 Å². The van der Waals surface area contributed by atoms with Gasteiger partial charge in [-0.15, -0.1) is 0 Å². The summed E-state index contributed by atoms with van der Waals surface area (Å²) in [5.74, 6) is -9.04. The fraction of sp³-hybridized carbons (Fsp3) is 0.0417. The van der Waals surface area contributed by atoms with Crippen LogP contribution in [0.5, 0.6) is 0 Å². The summed E-state index contributed by atoms with van der Waals surface area (Å²) in [6, 6.07) is 12.5. The summed E-state index contributed by atoms with van der Waals surface area (Å²) in [5, 5.41) is 10.1. The molecular weight excluding hydrogens is 620 g/mol. The van der Waals surface area contributed by atoms with Gasteiger partial charge in [0.05, 0.1) is 10.6 Å². The zero-order valence-corrected chi connectivity index (χ0v) is 21.5. The molecule has 2 aromatic carbocycles. The molecule has 4 rings (SSSR count). The second-order valence-electron chi connectivity index (χ2n) is 7.02. The fourth-order valence-corrected chi connectivity index (χ4v) is 3.46. The van der Waals surface area contributed by atoms with Gasteiger partial charge in [0.1, 0.15) is 23.3 Å². The van der Waals surface area contributed by atoms with Crippen LogP contribution in [0.2, 0.25) is 10.0 Å². The normalized spacial score (nSPS) is 10.9. The van der Waals surface area contributed by atoms with Crippen LogP contribution in [-0.2, 0) is 22.5 Å². The Hall–Kier alpha value is -3.35. The van der Waals surface area contributed by atoms with Gasteiger partial charge in [-0.1, -0.05) is 53.5 Å². The van der Waals surface area contributed by atoms with Gasteiger partial charge in [0.2, 0.25) is 29.6 Å². The van der Waals surface area contributed by atoms with Gasteiger partial charge in [0, 0.05) is 28.3 Å². The summed E-state index contributed by atoms with van der Waals surface area (Å²) < 4.78 is 95.7. The molecule has 0 radical (unpaired) electrons. The van der Waals surface area contributed by atoms with Gasteiger partial charge < -0.3 is 5.11 Å². The number of aliphatic hydroxyl groups excluding tert-OH is 1. The molecule has 0 aliphatic heterocycles. The number of hydrogen-bond donors (Lipinski definition) is 1. The minimum atomic E-state index is -1.65. The molecule has 2 aromatic heterocycles. The van der Waals surface area contributed by atoms with E-state index in [0.717, 1.165) is 0 Å². The number of carbonyl (C=O) groups excluding carboxylic acids is 1. The van der Waals surface area contributed by atoms with Crippen LogP contribution in [0.3, 0.4) is 0 Å². The van der Waals surface area contributed by atoms with Crippen molar-refractivity contribution in [3.05, 3.63) is 128 Å². The fourth-order valence-electron chi connectivity index (χ4n) is 3.00. The maximum atomic E-state index is 13.5. The predicted molar refractivity (Wildman–Crippen MR) is 120 cm³/mol. The van der Waals surface area contributed by atoms with Crippen LogP contribution in [0, 0.1) is 35.4 Å². The summed E-state index contributed by atoms with van der Waals surface area (Å²) in [7, 11) is 0. The van der Waals surface area contributed by atoms with Crippen molar-refractivity contribution in [1.82, 2.24) is 9.97 Å². The van der Waals surface area contributed by atoms with Crippen molar-refractivity contribution in [2.45, 2.75) is 6.10 Å². The number of aliphatic hydroxyl groups is 1. The van der Waals surface area contributed by atoms with Crippen LogP contribution in [0.15, 0.2) is 60.7 Å². The van der Waals surface area contributed by atoms with Gasteiger partial charge >= 0.3 is 22.5 Å². The molecule has 15 heteroatoms. The zero-order chi connectivity index (χ0) is 29.3. The molecule has 0 bridgehead atoms. The molecule has 0 fully saturated rings. The summed E-state index contributed by atoms with van der Waals surface area (Å²) in [5.41, 5.74) is -1.62. The number of nitrogens with zero attached hydrogens (tertiary/aromatic N) is 2. The number of aromatic nitrogens is 2. The molecule has 205 valence electrons. The third-order valence-corrected chi connectivity index (χ3v) is 5.32. The first kappa shape index (κ1) is 31.9. The van der Waals surface area contributed by atoms with Crippen LogP contribution in [0.1, 0.15) is 33.2 Å². The summed E-state index contributed by atoms with van der Waals surface area (Å²) >= 11 is 10.1. The molecule has 6 nitrogen and oxygen atoms in total. The molecule has 39 heavy (non-hydrogen) atoms. The van der Waals surface area contributed by atoms with Crippen molar-refractivity contribution >= 4 is 29.0 Å². The van der Waals surface area contributed by atoms with Gasteiger partial charge in [-0.2, -0.15) is 27.5 Å². The average Bonchev–Trinajstić information content (AvgIpc) is 2.84. The number of rotatable bonds is 4. The molecular formula is C24H12Cl2F6MnN2O4. The Labute approximate surface area is 231 Å². The van der Waals surface area contributed by atoms with Crippen LogP contribution in [0.4, 0.5) is 26.3 Å². The van der Waals surface area contributed by atoms with Crippen LogP contribution >= 0.6 is 23.2 Å². The van der Waals surface area contributed by atoms with Crippen LogP contribution < -0.4 is 0 Å². The van der Waals surface area contributed by atoms with Gasteiger partial charge in [-0.05, 0) is 18.2 Å². The van der Waals surface area contributed by atoms with Gasteiger partial charge in [-0.25, -0.2) is 8.78 Å². The van der Waals surface area contributed by atoms with E-state index in [0.29, 0.717) is 12.1 Å². The van der Waals surface area contributed by atoms with Crippen molar-refractivity contribution in [2.75, 3.05) is 0 Å². The number of hydrogen-bond acceptors (Lipinski definition) is 6. The second-order valence-corrected chi connectivity index (χ2v) is 8.03. The Kier molecular flexibility index (Phi) is 12.0. The molecule has 0 saturated heterocycles. The number of ketones is 1. The van der Waals surface area contributed by atoms with E-state index in [4.69, 9.17) is 30.9 Å². The van der Waals surface area contributed by atoms with E-state index in [1.165, 1.54) is 30.3 Å². The Morgan fingerprint density at radius 2 is 1.26 bits per heavy atom. The van der Waals surface area contributed by atoms with Crippen molar-refractivity contribution in [3.63, 3.8) is 0 Å². The Bertz CT molecular complexity index is 1490. The summed E-state index contributed by atoms with van der Waals surface area (Å²) in [6.45, 7) is 0. The van der Waals surface area contributed by atoms with E-state index < -0.39 is 73.3 Å². The second kappa shape index (κ2) is 14.7. The van der Waals surface area contributed by atoms with E-state index in [-0.39, 0.29) is 21.2 Å². The third kappa shape index (κ3) is 8.31. The molecule has 1 atom stereocenters. The molecule has 1 N–H and O–H groups in total. The SMILES string of the molecule is O=C(c1ccccc1Cl)c1c(F)cc(F)nc1F.OC(c1ccccc1Cl)c1c(F)cc(F)nc1F.[O]=[Mn]=[O]. The van der Waals surface area contributed by atoms with Gasteiger partial charge in [-0.3, -0.25) is 4.79 Å². The number of benzene rings is 2. The van der Waals surface area contributed by atoms with Crippen molar-refractivity contribution in [3.8, 4) is 0 Å². The molecule has 1 unspecified atom stereocenters. The average molecular weight is 632 g/mol. The number of halogens is 8. The van der Waals surface area contributed by atoms with Crippen LogP contribution in [-0.4, -0.2) is 20.9 Å². The third-order valence-electron chi connectivity index (χ3n) is 4.65. The van der Waals surface area contributed by atoms with E-state index in [1.54, 1.807) is 18.2 Å². The topological polar surface area (TPSA) is 97.2 Å². The molecule has 4 aromatic rings. The number of carbonyl (C=O) groups is 1.